The molecule has 2 aromatic rings. The summed E-state index contributed by atoms with van der Waals surface area (Å²) in [5.74, 6) is -0.0293. The second kappa shape index (κ2) is 6.52. The maximum absolute atomic E-state index is 11.8. The summed E-state index contributed by atoms with van der Waals surface area (Å²) in [5.41, 5.74) is 2.20. The minimum absolute atomic E-state index is 0.0293. The Hall–Kier alpha value is -2.62. The van der Waals surface area contributed by atoms with E-state index in [4.69, 9.17) is 0 Å². The number of carbonyl (C=O) groups excluding carboxylic acids is 2. The molecule has 0 radical (unpaired) electrons. The lowest BCUT2D eigenvalue weighted by Crippen LogP contribution is -2.28. The third-order valence-corrected chi connectivity index (χ3v) is 2.82. The van der Waals surface area contributed by atoms with Crippen molar-refractivity contribution in [3.8, 4) is 0 Å². The first-order valence-electron chi connectivity index (χ1n) is 6.35. The van der Waals surface area contributed by atoms with Crippen LogP contribution in [0.4, 0.5) is 10.5 Å². The van der Waals surface area contributed by atoms with Crippen molar-refractivity contribution < 1.29 is 9.59 Å². The lowest BCUT2D eigenvalue weighted by molar-refractivity contribution is 0.101. The SMILES string of the molecule is CC(=O)c1cccc(NC(=O)NCc2ccccc2)c1. The van der Waals surface area contributed by atoms with Gasteiger partial charge in [-0.15, -0.1) is 0 Å². The van der Waals surface area contributed by atoms with Gasteiger partial charge in [0.15, 0.2) is 5.78 Å². The molecule has 102 valence electrons. The summed E-state index contributed by atoms with van der Waals surface area (Å²) in [6.07, 6.45) is 0. The largest absolute Gasteiger partial charge is 0.334 e. The van der Waals surface area contributed by atoms with Crippen molar-refractivity contribution in [3.05, 3.63) is 65.7 Å². The monoisotopic (exact) mass is 268 g/mol. The van der Waals surface area contributed by atoms with Gasteiger partial charge in [-0.25, -0.2) is 4.79 Å². The highest BCUT2D eigenvalue weighted by atomic mass is 16.2. The molecule has 2 amide bonds. The lowest BCUT2D eigenvalue weighted by atomic mass is 10.1. The Balaban J connectivity index is 1.91. The molecule has 0 aliphatic heterocycles. The fourth-order valence-corrected chi connectivity index (χ4v) is 1.77. The summed E-state index contributed by atoms with van der Waals surface area (Å²) in [6, 6.07) is 16.2. The van der Waals surface area contributed by atoms with Gasteiger partial charge in [0.05, 0.1) is 0 Å². The van der Waals surface area contributed by atoms with Crippen molar-refractivity contribution in [2.45, 2.75) is 13.5 Å². The van der Waals surface area contributed by atoms with Crippen LogP contribution in [0.1, 0.15) is 22.8 Å². The van der Waals surface area contributed by atoms with E-state index in [-0.39, 0.29) is 11.8 Å². The van der Waals surface area contributed by atoms with Crippen molar-refractivity contribution in [2.75, 3.05) is 5.32 Å². The van der Waals surface area contributed by atoms with Crippen LogP contribution in [0.2, 0.25) is 0 Å². The summed E-state index contributed by atoms with van der Waals surface area (Å²) in [5, 5.41) is 5.47. The molecule has 0 fully saturated rings. The molecule has 0 bridgehead atoms. The zero-order valence-electron chi connectivity index (χ0n) is 11.2. The number of nitrogens with one attached hydrogen (secondary N) is 2. The molecule has 0 unspecified atom stereocenters. The Morgan fingerprint density at radius 2 is 1.75 bits per heavy atom. The van der Waals surface area contributed by atoms with E-state index in [9.17, 15) is 9.59 Å². The van der Waals surface area contributed by atoms with Gasteiger partial charge in [-0.3, -0.25) is 4.79 Å². The summed E-state index contributed by atoms with van der Waals surface area (Å²) in [4.78, 5) is 23.0. The summed E-state index contributed by atoms with van der Waals surface area (Å²) in [7, 11) is 0. The highest BCUT2D eigenvalue weighted by Gasteiger charge is 2.04. The number of carbonyl (C=O) groups is 2. The lowest BCUT2D eigenvalue weighted by Gasteiger charge is -2.08. The van der Waals surface area contributed by atoms with Gasteiger partial charge in [-0.2, -0.15) is 0 Å². The van der Waals surface area contributed by atoms with E-state index in [1.807, 2.05) is 30.3 Å². The summed E-state index contributed by atoms with van der Waals surface area (Å²) in [6.45, 7) is 1.95. The van der Waals surface area contributed by atoms with Crippen LogP contribution in [0.15, 0.2) is 54.6 Å². The number of urea groups is 1. The van der Waals surface area contributed by atoms with Gasteiger partial charge in [0.2, 0.25) is 0 Å². The summed E-state index contributed by atoms with van der Waals surface area (Å²) < 4.78 is 0. The molecule has 2 rings (SSSR count). The van der Waals surface area contributed by atoms with Gasteiger partial charge < -0.3 is 10.6 Å². The van der Waals surface area contributed by atoms with Crippen molar-refractivity contribution in [3.63, 3.8) is 0 Å². The van der Waals surface area contributed by atoms with Crippen molar-refractivity contribution in [2.24, 2.45) is 0 Å². The normalized spacial score (nSPS) is 9.85. The molecule has 20 heavy (non-hydrogen) atoms. The number of benzene rings is 2. The number of ketones is 1. The molecule has 0 aliphatic carbocycles. The molecule has 2 aromatic carbocycles. The second-order valence-electron chi connectivity index (χ2n) is 4.43. The Morgan fingerprint density at radius 1 is 1.00 bits per heavy atom. The number of hydrogen-bond acceptors (Lipinski definition) is 2. The van der Waals surface area contributed by atoms with E-state index in [1.165, 1.54) is 6.92 Å². The van der Waals surface area contributed by atoms with Crippen LogP contribution in [0, 0.1) is 0 Å². The van der Waals surface area contributed by atoms with Crippen LogP contribution in [-0.2, 0) is 6.54 Å². The highest BCUT2D eigenvalue weighted by Crippen LogP contribution is 2.11. The molecular formula is C16H16N2O2. The molecule has 0 saturated heterocycles. The van der Waals surface area contributed by atoms with Crippen LogP contribution in [-0.4, -0.2) is 11.8 Å². The number of amides is 2. The molecule has 0 spiro atoms. The number of Topliss-reactive ketones (excluding diaryl/α,β-unsaturated/α-hetero) is 1. The van der Waals surface area contributed by atoms with Crippen LogP contribution in [0.3, 0.4) is 0 Å². The van der Waals surface area contributed by atoms with E-state index < -0.39 is 0 Å². The quantitative estimate of drug-likeness (QED) is 0.836. The van der Waals surface area contributed by atoms with Crippen molar-refractivity contribution in [1.82, 2.24) is 5.32 Å². The predicted octanol–water partition coefficient (Wildman–Crippen LogP) is 3.21. The smallest absolute Gasteiger partial charge is 0.319 e. The van der Waals surface area contributed by atoms with E-state index in [2.05, 4.69) is 10.6 Å². The fraction of sp³-hybridized carbons (Fsp3) is 0.125. The zero-order chi connectivity index (χ0) is 14.4. The van der Waals surface area contributed by atoms with Gasteiger partial charge in [0.1, 0.15) is 0 Å². The maximum atomic E-state index is 11.8. The van der Waals surface area contributed by atoms with Gasteiger partial charge >= 0.3 is 6.03 Å². The minimum Gasteiger partial charge on any atom is -0.334 e. The molecular weight excluding hydrogens is 252 g/mol. The molecule has 0 atom stereocenters. The molecule has 0 saturated carbocycles. The molecule has 0 aliphatic rings. The Labute approximate surface area is 117 Å². The van der Waals surface area contributed by atoms with Gasteiger partial charge in [0.25, 0.3) is 0 Å². The van der Waals surface area contributed by atoms with Crippen LogP contribution in [0.25, 0.3) is 0 Å². The van der Waals surface area contributed by atoms with Gasteiger partial charge in [0, 0.05) is 17.8 Å². The molecule has 0 aromatic heterocycles. The van der Waals surface area contributed by atoms with Gasteiger partial charge in [-0.1, -0.05) is 42.5 Å². The van der Waals surface area contributed by atoms with E-state index >= 15 is 0 Å². The summed E-state index contributed by atoms with van der Waals surface area (Å²) >= 11 is 0. The first-order chi connectivity index (χ1) is 9.65. The average Bonchev–Trinajstić information content (AvgIpc) is 2.46. The van der Waals surface area contributed by atoms with Crippen molar-refractivity contribution >= 4 is 17.5 Å². The number of hydrogen-bond donors (Lipinski definition) is 2. The second-order valence-corrected chi connectivity index (χ2v) is 4.43. The van der Waals surface area contributed by atoms with Crippen LogP contribution >= 0.6 is 0 Å². The van der Waals surface area contributed by atoms with Crippen molar-refractivity contribution in [1.29, 1.82) is 0 Å². The molecule has 0 heterocycles. The van der Waals surface area contributed by atoms with Crippen LogP contribution < -0.4 is 10.6 Å². The Morgan fingerprint density at radius 3 is 2.45 bits per heavy atom. The van der Waals surface area contributed by atoms with E-state index in [0.29, 0.717) is 17.8 Å². The molecule has 2 N–H and O–H groups in total. The maximum Gasteiger partial charge on any atom is 0.319 e. The predicted molar refractivity (Wildman–Crippen MR) is 78.7 cm³/mol. The zero-order valence-corrected chi connectivity index (χ0v) is 11.2. The Kier molecular flexibility index (Phi) is 4.50. The average molecular weight is 268 g/mol. The Bertz CT molecular complexity index is 609. The fourth-order valence-electron chi connectivity index (χ4n) is 1.77. The number of anilines is 1. The van der Waals surface area contributed by atoms with E-state index in [0.717, 1.165) is 5.56 Å². The number of rotatable bonds is 4. The molecule has 4 heteroatoms. The minimum atomic E-state index is -0.297. The standard InChI is InChI=1S/C16H16N2O2/c1-12(19)14-8-5-9-15(10-14)18-16(20)17-11-13-6-3-2-4-7-13/h2-10H,11H2,1H3,(H2,17,18,20). The third kappa shape index (κ3) is 3.95. The van der Waals surface area contributed by atoms with Crippen LogP contribution in [0.5, 0.6) is 0 Å². The third-order valence-electron chi connectivity index (χ3n) is 2.82. The van der Waals surface area contributed by atoms with Gasteiger partial charge in [-0.05, 0) is 24.6 Å². The highest BCUT2D eigenvalue weighted by molar-refractivity contribution is 5.96. The van der Waals surface area contributed by atoms with E-state index in [1.54, 1.807) is 24.3 Å². The topological polar surface area (TPSA) is 58.2 Å². The molecule has 4 nitrogen and oxygen atoms in total. The first kappa shape index (κ1) is 13.8. The first-order valence-corrected chi connectivity index (χ1v) is 6.35.